The first-order chi connectivity index (χ1) is 13.8. The van der Waals surface area contributed by atoms with E-state index in [1.54, 1.807) is 24.3 Å². The van der Waals surface area contributed by atoms with Crippen molar-refractivity contribution in [1.29, 1.82) is 0 Å². The van der Waals surface area contributed by atoms with Crippen LogP contribution in [0.25, 0.3) is 11.6 Å². The highest BCUT2D eigenvalue weighted by molar-refractivity contribution is 6.35. The van der Waals surface area contributed by atoms with Crippen molar-refractivity contribution >= 4 is 34.8 Å². The summed E-state index contributed by atoms with van der Waals surface area (Å²) in [6.07, 6.45) is -1.49. The van der Waals surface area contributed by atoms with Gasteiger partial charge in [-0.2, -0.15) is 13.2 Å². The highest BCUT2D eigenvalue weighted by Gasteiger charge is 2.30. The Bertz CT molecular complexity index is 1130. The molecular formula is C21H13F3N2O3. The van der Waals surface area contributed by atoms with Crippen molar-refractivity contribution in [3.05, 3.63) is 83.3 Å². The molecule has 1 aliphatic heterocycles. The number of alkyl halides is 3. The fourth-order valence-electron chi connectivity index (χ4n) is 2.96. The molecular weight excluding hydrogens is 385 g/mol. The molecule has 2 aromatic carbocycles. The van der Waals surface area contributed by atoms with Gasteiger partial charge in [0.15, 0.2) is 0 Å². The minimum Gasteiger partial charge on any atom is -0.465 e. The molecule has 0 aliphatic carbocycles. The van der Waals surface area contributed by atoms with Gasteiger partial charge in [-0.05, 0) is 54.6 Å². The molecule has 2 heterocycles. The van der Waals surface area contributed by atoms with E-state index in [0.29, 0.717) is 22.6 Å². The minimum absolute atomic E-state index is 0.0193. The smallest absolute Gasteiger partial charge is 0.416 e. The zero-order valence-corrected chi connectivity index (χ0v) is 14.7. The molecule has 2 N–H and O–H groups in total. The molecule has 4 rings (SSSR count). The number of halogens is 3. The normalized spacial score (nSPS) is 14.6. The molecule has 2 amide bonds. The molecule has 3 aromatic rings. The van der Waals surface area contributed by atoms with Crippen LogP contribution in [0, 0.1) is 0 Å². The summed E-state index contributed by atoms with van der Waals surface area (Å²) >= 11 is 0. The summed E-state index contributed by atoms with van der Waals surface area (Å²) in [5.41, 5.74) is 0.715. The summed E-state index contributed by atoms with van der Waals surface area (Å²) in [5, 5.41) is 5.15. The molecule has 0 saturated heterocycles. The Labute approximate surface area is 162 Å². The van der Waals surface area contributed by atoms with Crippen molar-refractivity contribution < 1.29 is 27.2 Å². The van der Waals surface area contributed by atoms with Crippen LogP contribution in [0.1, 0.15) is 27.2 Å². The maximum atomic E-state index is 12.8. The third kappa shape index (κ3) is 3.77. The van der Waals surface area contributed by atoms with Gasteiger partial charge in [0.25, 0.3) is 11.8 Å². The Morgan fingerprint density at radius 3 is 2.62 bits per heavy atom. The van der Waals surface area contributed by atoms with Crippen molar-refractivity contribution in [2.45, 2.75) is 6.18 Å². The fraction of sp³-hybridized carbons (Fsp3) is 0.0476. The molecule has 0 saturated carbocycles. The van der Waals surface area contributed by atoms with Crippen molar-refractivity contribution in [3.63, 3.8) is 0 Å². The fourth-order valence-corrected chi connectivity index (χ4v) is 2.96. The number of furan rings is 1. The predicted molar refractivity (Wildman–Crippen MR) is 101 cm³/mol. The lowest BCUT2D eigenvalue weighted by atomic mass is 10.0. The van der Waals surface area contributed by atoms with Crippen molar-refractivity contribution in [2.75, 3.05) is 10.6 Å². The lowest BCUT2D eigenvalue weighted by Crippen LogP contribution is -2.13. The van der Waals surface area contributed by atoms with E-state index in [1.807, 2.05) is 0 Å². The molecule has 146 valence electrons. The van der Waals surface area contributed by atoms with Crippen LogP contribution in [0.4, 0.5) is 24.5 Å². The van der Waals surface area contributed by atoms with E-state index in [-0.39, 0.29) is 17.2 Å². The van der Waals surface area contributed by atoms with Gasteiger partial charge in [-0.25, -0.2) is 0 Å². The monoisotopic (exact) mass is 398 g/mol. The second-order valence-electron chi connectivity index (χ2n) is 6.32. The average molecular weight is 398 g/mol. The third-order valence-corrected chi connectivity index (χ3v) is 4.34. The average Bonchev–Trinajstić information content (AvgIpc) is 3.29. The van der Waals surface area contributed by atoms with Gasteiger partial charge in [-0.3, -0.25) is 9.59 Å². The number of amides is 2. The SMILES string of the molecule is O=C1Nc2ccc(C(=O)Nc3cccc(C(F)(F)F)c3)cc2C1=Cc1ccco1. The van der Waals surface area contributed by atoms with Crippen LogP contribution in [0.15, 0.2) is 65.3 Å². The molecule has 0 radical (unpaired) electrons. The molecule has 29 heavy (non-hydrogen) atoms. The van der Waals surface area contributed by atoms with Crippen LogP contribution in [-0.2, 0) is 11.0 Å². The number of hydrogen-bond donors (Lipinski definition) is 2. The number of benzene rings is 2. The van der Waals surface area contributed by atoms with E-state index in [1.165, 1.54) is 30.5 Å². The maximum absolute atomic E-state index is 12.8. The van der Waals surface area contributed by atoms with Crippen molar-refractivity contribution in [1.82, 2.24) is 0 Å². The van der Waals surface area contributed by atoms with Crippen LogP contribution in [0.2, 0.25) is 0 Å². The highest BCUT2D eigenvalue weighted by atomic mass is 19.4. The van der Waals surface area contributed by atoms with E-state index in [4.69, 9.17) is 4.42 Å². The minimum atomic E-state index is -4.51. The van der Waals surface area contributed by atoms with Gasteiger partial charge in [0.2, 0.25) is 0 Å². The Morgan fingerprint density at radius 2 is 1.90 bits per heavy atom. The van der Waals surface area contributed by atoms with Gasteiger partial charge < -0.3 is 15.1 Å². The Morgan fingerprint density at radius 1 is 1.07 bits per heavy atom. The summed E-state index contributed by atoms with van der Waals surface area (Å²) in [4.78, 5) is 24.8. The predicted octanol–water partition coefficient (Wildman–Crippen LogP) is 5.04. The first-order valence-corrected chi connectivity index (χ1v) is 8.51. The Kier molecular flexibility index (Phi) is 4.46. The van der Waals surface area contributed by atoms with Gasteiger partial charge in [-0.15, -0.1) is 0 Å². The molecule has 0 spiro atoms. The standard InChI is InChI=1S/C21H13F3N2O3/c22-21(23,24)13-3-1-4-14(10-13)25-19(27)12-6-7-18-16(9-12)17(20(28)26-18)11-15-5-2-8-29-15/h1-11H,(H,25,27)(H,26,28). The summed E-state index contributed by atoms with van der Waals surface area (Å²) < 4.78 is 43.8. The van der Waals surface area contributed by atoms with Gasteiger partial charge in [-0.1, -0.05) is 6.07 Å². The van der Waals surface area contributed by atoms with E-state index < -0.39 is 17.6 Å². The zero-order chi connectivity index (χ0) is 20.6. The maximum Gasteiger partial charge on any atom is 0.416 e. The molecule has 8 heteroatoms. The van der Waals surface area contributed by atoms with Crippen LogP contribution in [-0.4, -0.2) is 11.8 Å². The second-order valence-corrected chi connectivity index (χ2v) is 6.32. The van der Waals surface area contributed by atoms with Crippen LogP contribution in [0.5, 0.6) is 0 Å². The van der Waals surface area contributed by atoms with Crippen LogP contribution in [0.3, 0.4) is 0 Å². The number of hydrogen-bond acceptors (Lipinski definition) is 3. The first-order valence-electron chi connectivity index (χ1n) is 8.51. The summed E-state index contributed by atoms with van der Waals surface area (Å²) in [7, 11) is 0. The number of nitrogens with one attached hydrogen (secondary N) is 2. The third-order valence-electron chi connectivity index (χ3n) is 4.34. The topological polar surface area (TPSA) is 71.3 Å². The molecule has 1 aliphatic rings. The van der Waals surface area contributed by atoms with E-state index in [0.717, 1.165) is 12.1 Å². The molecule has 1 aromatic heterocycles. The molecule has 0 bridgehead atoms. The molecule has 5 nitrogen and oxygen atoms in total. The molecule has 0 unspecified atom stereocenters. The number of carbonyl (C=O) groups excluding carboxylic acids is 2. The number of rotatable bonds is 3. The highest BCUT2D eigenvalue weighted by Crippen LogP contribution is 2.34. The number of carbonyl (C=O) groups is 2. The number of anilines is 2. The summed E-state index contributed by atoms with van der Waals surface area (Å²) in [6.45, 7) is 0. The molecule has 0 atom stereocenters. The number of fused-ring (bicyclic) bond motifs is 1. The Hall–Kier alpha value is -3.81. The molecule has 0 fully saturated rings. The zero-order valence-electron chi connectivity index (χ0n) is 14.7. The van der Waals surface area contributed by atoms with Crippen LogP contribution < -0.4 is 10.6 Å². The van der Waals surface area contributed by atoms with Gasteiger partial charge >= 0.3 is 6.18 Å². The second kappa shape index (κ2) is 6.97. The van der Waals surface area contributed by atoms with E-state index >= 15 is 0 Å². The van der Waals surface area contributed by atoms with Crippen molar-refractivity contribution in [3.8, 4) is 0 Å². The lowest BCUT2D eigenvalue weighted by Gasteiger charge is -2.10. The first kappa shape index (κ1) is 18.5. The van der Waals surface area contributed by atoms with Gasteiger partial charge in [0, 0.05) is 22.5 Å². The van der Waals surface area contributed by atoms with E-state index in [9.17, 15) is 22.8 Å². The summed E-state index contributed by atoms with van der Waals surface area (Å²) in [6, 6.07) is 12.3. The van der Waals surface area contributed by atoms with Gasteiger partial charge in [0.05, 0.1) is 17.4 Å². The van der Waals surface area contributed by atoms with E-state index in [2.05, 4.69) is 10.6 Å². The lowest BCUT2D eigenvalue weighted by molar-refractivity contribution is -0.137. The summed E-state index contributed by atoms with van der Waals surface area (Å²) in [5.74, 6) is -0.461. The van der Waals surface area contributed by atoms with Crippen molar-refractivity contribution in [2.24, 2.45) is 0 Å². The van der Waals surface area contributed by atoms with Crippen LogP contribution >= 0.6 is 0 Å². The quantitative estimate of drug-likeness (QED) is 0.607. The largest absolute Gasteiger partial charge is 0.465 e. The van der Waals surface area contributed by atoms with Gasteiger partial charge in [0.1, 0.15) is 5.76 Å². The Balaban J connectivity index is 1.62.